The van der Waals surface area contributed by atoms with Crippen molar-refractivity contribution in [3.8, 4) is 0 Å². The summed E-state index contributed by atoms with van der Waals surface area (Å²) < 4.78 is 0. The first-order valence-electron chi connectivity index (χ1n) is 7.25. The van der Waals surface area contributed by atoms with Gasteiger partial charge < -0.3 is 10.6 Å². The monoisotopic (exact) mass is 282 g/mol. The third-order valence-corrected chi connectivity index (χ3v) is 3.70. The predicted molar refractivity (Wildman–Crippen MR) is 89.1 cm³/mol. The molecule has 0 aliphatic rings. The number of carbonyl (C=O) groups excluding carboxylic acids is 1. The van der Waals surface area contributed by atoms with Crippen molar-refractivity contribution in [3.63, 3.8) is 0 Å². The molecule has 0 aliphatic heterocycles. The zero-order valence-electron chi connectivity index (χ0n) is 13.1. The Morgan fingerprint density at radius 1 is 0.857 bits per heavy atom. The minimum Gasteiger partial charge on any atom is -0.307 e. The van der Waals surface area contributed by atoms with Crippen molar-refractivity contribution in [3.05, 3.63) is 58.7 Å². The number of amides is 2. The summed E-state index contributed by atoms with van der Waals surface area (Å²) in [5.41, 5.74) is 6.12. The maximum Gasteiger partial charge on any atom is 0.323 e. The highest BCUT2D eigenvalue weighted by atomic mass is 16.2. The topological polar surface area (TPSA) is 41.1 Å². The molecule has 0 bridgehead atoms. The Kier molecular flexibility index (Phi) is 4.63. The number of benzene rings is 2. The van der Waals surface area contributed by atoms with Gasteiger partial charge in [0, 0.05) is 11.4 Å². The number of anilines is 2. The van der Waals surface area contributed by atoms with Crippen molar-refractivity contribution < 1.29 is 4.79 Å². The maximum atomic E-state index is 12.3. The van der Waals surface area contributed by atoms with Crippen LogP contribution in [-0.2, 0) is 6.42 Å². The third-order valence-electron chi connectivity index (χ3n) is 3.70. The van der Waals surface area contributed by atoms with Gasteiger partial charge in [0.2, 0.25) is 0 Å². The fraction of sp³-hybridized carbons (Fsp3) is 0.278. The van der Waals surface area contributed by atoms with Crippen LogP contribution in [-0.4, -0.2) is 6.03 Å². The van der Waals surface area contributed by atoms with E-state index in [2.05, 4.69) is 17.6 Å². The van der Waals surface area contributed by atoms with E-state index < -0.39 is 0 Å². The van der Waals surface area contributed by atoms with Gasteiger partial charge in [-0.25, -0.2) is 4.79 Å². The lowest BCUT2D eigenvalue weighted by Gasteiger charge is -2.15. The Labute approximate surface area is 126 Å². The molecule has 0 spiro atoms. The highest BCUT2D eigenvalue weighted by Crippen LogP contribution is 2.23. The van der Waals surface area contributed by atoms with Gasteiger partial charge in [0.15, 0.2) is 0 Å². The van der Waals surface area contributed by atoms with Gasteiger partial charge in [-0.15, -0.1) is 0 Å². The summed E-state index contributed by atoms with van der Waals surface area (Å²) in [7, 11) is 0. The Hall–Kier alpha value is -2.29. The molecule has 2 rings (SSSR count). The second kappa shape index (κ2) is 6.44. The lowest BCUT2D eigenvalue weighted by atomic mass is 10.1. The molecule has 110 valence electrons. The molecule has 2 N–H and O–H groups in total. The number of aryl methyl sites for hydroxylation is 4. The SMILES string of the molecule is CCc1cccc(C)c1NC(=O)Nc1c(C)cccc1C. The van der Waals surface area contributed by atoms with Crippen LogP contribution in [0.3, 0.4) is 0 Å². The van der Waals surface area contributed by atoms with Crippen LogP contribution in [0.1, 0.15) is 29.2 Å². The first-order valence-corrected chi connectivity index (χ1v) is 7.25. The van der Waals surface area contributed by atoms with Crippen LogP contribution in [0.15, 0.2) is 36.4 Å². The van der Waals surface area contributed by atoms with Crippen LogP contribution >= 0.6 is 0 Å². The largest absolute Gasteiger partial charge is 0.323 e. The van der Waals surface area contributed by atoms with E-state index in [9.17, 15) is 4.79 Å². The van der Waals surface area contributed by atoms with Crippen molar-refractivity contribution in [1.82, 2.24) is 0 Å². The second-order valence-electron chi connectivity index (χ2n) is 5.31. The molecule has 0 heterocycles. The van der Waals surface area contributed by atoms with Crippen molar-refractivity contribution in [1.29, 1.82) is 0 Å². The summed E-state index contributed by atoms with van der Waals surface area (Å²) in [5, 5.41) is 5.94. The van der Waals surface area contributed by atoms with Gasteiger partial charge in [0.1, 0.15) is 0 Å². The minimum absolute atomic E-state index is 0.198. The van der Waals surface area contributed by atoms with E-state index in [1.807, 2.05) is 57.2 Å². The lowest BCUT2D eigenvalue weighted by molar-refractivity contribution is 0.262. The van der Waals surface area contributed by atoms with Crippen LogP contribution in [0.25, 0.3) is 0 Å². The van der Waals surface area contributed by atoms with E-state index in [0.717, 1.165) is 40.0 Å². The van der Waals surface area contributed by atoms with Gasteiger partial charge >= 0.3 is 6.03 Å². The fourth-order valence-electron chi connectivity index (χ4n) is 2.47. The molecule has 3 nitrogen and oxygen atoms in total. The molecule has 2 aromatic rings. The molecule has 2 aromatic carbocycles. The molecule has 0 atom stereocenters. The lowest BCUT2D eigenvalue weighted by Crippen LogP contribution is -2.22. The maximum absolute atomic E-state index is 12.3. The van der Waals surface area contributed by atoms with E-state index in [0.29, 0.717) is 0 Å². The van der Waals surface area contributed by atoms with Crippen molar-refractivity contribution in [2.75, 3.05) is 10.6 Å². The summed E-state index contributed by atoms with van der Waals surface area (Å²) in [6.45, 7) is 8.08. The average molecular weight is 282 g/mol. The van der Waals surface area contributed by atoms with E-state index >= 15 is 0 Å². The molecule has 0 fully saturated rings. The molecule has 0 unspecified atom stereocenters. The molecule has 0 radical (unpaired) electrons. The highest BCUT2D eigenvalue weighted by molar-refractivity contribution is 6.01. The number of rotatable bonds is 3. The molecule has 2 amide bonds. The van der Waals surface area contributed by atoms with Crippen molar-refractivity contribution >= 4 is 17.4 Å². The van der Waals surface area contributed by atoms with E-state index in [1.54, 1.807) is 0 Å². The molecule has 0 aromatic heterocycles. The number of urea groups is 1. The second-order valence-corrected chi connectivity index (χ2v) is 5.31. The normalized spacial score (nSPS) is 10.3. The smallest absolute Gasteiger partial charge is 0.307 e. The van der Waals surface area contributed by atoms with Gasteiger partial charge in [0.25, 0.3) is 0 Å². The predicted octanol–water partition coefficient (Wildman–Crippen LogP) is 4.82. The van der Waals surface area contributed by atoms with Gasteiger partial charge in [0.05, 0.1) is 0 Å². The van der Waals surface area contributed by atoms with E-state index in [-0.39, 0.29) is 6.03 Å². The van der Waals surface area contributed by atoms with Crippen LogP contribution in [0.2, 0.25) is 0 Å². The summed E-state index contributed by atoms with van der Waals surface area (Å²) >= 11 is 0. The molecule has 0 saturated heterocycles. The number of hydrogen-bond acceptors (Lipinski definition) is 1. The van der Waals surface area contributed by atoms with Crippen LogP contribution < -0.4 is 10.6 Å². The molecule has 0 aliphatic carbocycles. The van der Waals surface area contributed by atoms with Crippen molar-refractivity contribution in [2.45, 2.75) is 34.1 Å². The molecule has 0 saturated carbocycles. The molecule has 3 heteroatoms. The summed E-state index contributed by atoms with van der Waals surface area (Å²) in [6, 6.07) is 11.8. The first-order chi connectivity index (χ1) is 10.0. The number of carbonyl (C=O) groups is 1. The molecular weight excluding hydrogens is 260 g/mol. The summed E-state index contributed by atoms with van der Waals surface area (Å²) in [5.74, 6) is 0. The van der Waals surface area contributed by atoms with Crippen molar-refractivity contribution in [2.24, 2.45) is 0 Å². The molecular formula is C18H22N2O. The molecule has 21 heavy (non-hydrogen) atoms. The van der Waals surface area contributed by atoms with Crippen LogP contribution in [0.5, 0.6) is 0 Å². The fourth-order valence-corrected chi connectivity index (χ4v) is 2.47. The van der Waals surface area contributed by atoms with Gasteiger partial charge in [-0.2, -0.15) is 0 Å². The Morgan fingerprint density at radius 3 is 1.90 bits per heavy atom. The third kappa shape index (κ3) is 3.43. The summed E-state index contributed by atoms with van der Waals surface area (Å²) in [6.07, 6.45) is 0.890. The highest BCUT2D eigenvalue weighted by Gasteiger charge is 2.10. The standard InChI is InChI=1S/C18H22N2O/c1-5-15-11-7-10-14(4)17(15)20-18(21)19-16-12(2)8-6-9-13(16)3/h6-11H,5H2,1-4H3,(H2,19,20,21). The van der Waals surface area contributed by atoms with Gasteiger partial charge in [-0.3, -0.25) is 0 Å². The zero-order valence-corrected chi connectivity index (χ0v) is 13.1. The minimum atomic E-state index is -0.198. The van der Waals surface area contributed by atoms with Gasteiger partial charge in [-0.1, -0.05) is 43.3 Å². The van der Waals surface area contributed by atoms with Crippen LogP contribution in [0.4, 0.5) is 16.2 Å². The summed E-state index contributed by atoms with van der Waals surface area (Å²) in [4.78, 5) is 12.3. The quantitative estimate of drug-likeness (QED) is 0.832. The number of para-hydroxylation sites is 2. The van der Waals surface area contributed by atoms with E-state index in [4.69, 9.17) is 0 Å². The van der Waals surface area contributed by atoms with E-state index in [1.165, 1.54) is 0 Å². The first kappa shape index (κ1) is 15.1. The number of nitrogens with one attached hydrogen (secondary N) is 2. The van der Waals surface area contributed by atoms with Crippen LogP contribution in [0, 0.1) is 20.8 Å². The Bertz CT molecular complexity index is 642. The number of hydrogen-bond donors (Lipinski definition) is 2. The Balaban J connectivity index is 2.20. The zero-order chi connectivity index (χ0) is 15.4. The Morgan fingerprint density at radius 2 is 1.33 bits per heavy atom. The van der Waals surface area contributed by atoms with Gasteiger partial charge in [-0.05, 0) is 49.4 Å². The average Bonchev–Trinajstić information content (AvgIpc) is 2.45.